The molecule has 0 spiro atoms. The van der Waals surface area contributed by atoms with Gasteiger partial charge in [-0.25, -0.2) is 0 Å². The standard InChI is InChI=1S/C14H32N4O2S/c1-15(2)9-7-13-18(14-8-10-16(3)4)21(19,20)17-11-5-6-12-17/h5-14H2,1-4H3. The molecule has 0 aliphatic carbocycles. The van der Waals surface area contributed by atoms with Crippen molar-refractivity contribution < 1.29 is 8.42 Å². The highest BCUT2D eigenvalue weighted by Crippen LogP contribution is 2.17. The van der Waals surface area contributed by atoms with Crippen LogP contribution < -0.4 is 0 Å². The Hall–Kier alpha value is -0.210. The molecule has 1 saturated heterocycles. The predicted molar refractivity (Wildman–Crippen MR) is 87.6 cm³/mol. The summed E-state index contributed by atoms with van der Waals surface area (Å²) in [5.74, 6) is 0. The Morgan fingerprint density at radius 2 is 1.24 bits per heavy atom. The molecule has 1 heterocycles. The average Bonchev–Trinajstić information content (AvgIpc) is 2.90. The van der Waals surface area contributed by atoms with Gasteiger partial charge in [-0.15, -0.1) is 0 Å². The molecule has 0 bridgehead atoms. The summed E-state index contributed by atoms with van der Waals surface area (Å²) in [4.78, 5) is 4.20. The summed E-state index contributed by atoms with van der Waals surface area (Å²) >= 11 is 0. The third-order valence-corrected chi connectivity index (χ3v) is 5.78. The van der Waals surface area contributed by atoms with Gasteiger partial charge in [0.25, 0.3) is 10.2 Å². The smallest absolute Gasteiger partial charge is 0.281 e. The van der Waals surface area contributed by atoms with Crippen LogP contribution >= 0.6 is 0 Å². The Labute approximate surface area is 130 Å². The first kappa shape index (κ1) is 18.8. The van der Waals surface area contributed by atoms with Crippen molar-refractivity contribution in [3.63, 3.8) is 0 Å². The van der Waals surface area contributed by atoms with E-state index in [1.807, 2.05) is 28.2 Å². The summed E-state index contributed by atoms with van der Waals surface area (Å²) in [5.41, 5.74) is 0. The first-order valence-electron chi connectivity index (χ1n) is 7.88. The van der Waals surface area contributed by atoms with Gasteiger partial charge in [-0.1, -0.05) is 0 Å². The number of hydrogen-bond donors (Lipinski definition) is 0. The van der Waals surface area contributed by atoms with Gasteiger partial charge >= 0.3 is 0 Å². The number of nitrogens with zero attached hydrogens (tertiary/aromatic N) is 4. The third kappa shape index (κ3) is 6.61. The van der Waals surface area contributed by atoms with Crippen LogP contribution in [-0.2, 0) is 10.2 Å². The van der Waals surface area contributed by atoms with Crippen LogP contribution in [-0.4, -0.2) is 94.3 Å². The van der Waals surface area contributed by atoms with Gasteiger partial charge in [-0.3, -0.25) is 0 Å². The maximum Gasteiger partial charge on any atom is 0.281 e. The molecule has 0 N–H and O–H groups in total. The van der Waals surface area contributed by atoms with Gasteiger partial charge in [0, 0.05) is 26.2 Å². The van der Waals surface area contributed by atoms with Gasteiger partial charge in [0.2, 0.25) is 0 Å². The van der Waals surface area contributed by atoms with Crippen molar-refractivity contribution in [1.29, 1.82) is 0 Å². The minimum absolute atomic E-state index is 0.616. The average molecular weight is 321 g/mol. The molecule has 1 rings (SSSR count). The second-order valence-corrected chi connectivity index (χ2v) is 8.26. The summed E-state index contributed by atoms with van der Waals surface area (Å²) < 4.78 is 28.8. The van der Waals surface area contributed by atoms with Crippen LogP contribution in [0.5, 0.6) is 0 Å². The first-order chi connectivity index (χ1) is 9.84. The van der Waals surface area contributed by atoms with Gasteiger partial charge < -0.3 is 9.80 Å². The molecule has 0 amide bonds. The van der Waals surface area contributed by atoms with Crippen molar-refractivity contribution in [3.8, 4) is 0 Å². The molecule has 0 unspecified atom stereocenters. The van der Waals surface area contributed by atoms with Crippen LogP contribution in [0.3, 0.4) is 0 Å². The fourth-order valence-electron chi connectivity index (χ4n) is 2.55. The van der Waals surface area contributed by atoms with Crippen molar-refractivity contribution in [2.45, 2.75) is 25.7 Å². The maximum atomic E-state index is 12.7. The molecule has 1 fully saturated rings. The molecule has 0 aromatic rings. The summed E-state index contributed by atoms with van der Waals surface area (Å²) in [5, 5.41) is 0. The van der Waals surface area contributed by atoms with E-state index in [0.29, 0.717) is 26.2 Å². The van der Waals surface area contributed by atoms with Crippen LogP contribution in [0.2, 0.25) is 0 Å². The topological polar surface area (TPSA) is 47.1 Å². The lowest BCUT2D eigenvalue weighted by Gasteiger charge is -2.28. The van der Waals surface area contributed by atoms with Crippen LogP contribution in [0.1, 0.15) is 25.7 Å². The van der Waals surface area contributed by atoms with Crippen molar-refractivity contribution in [3.05, 3.63) is 0 Å². The predicted octanol–water partition coefficient (Wildman–Crippen LogP) is 0.532. The largest absolute Gasteiger partial charge is 0.309 e. The molecular formula is C14H32N4O2S. The van der Waals surface area contributed by atoms with Gasteiger partial charge in [0.15, 0.2) is 0 Å². The zero-order valence-corrected chi connectivity index (χ0v) is 14.9. The van der Waals surface area contributed by atoms with Crippen molar-refractivity contribution >= 4 is 10.2 Å². The Morgan fingerprint density at radius 1 is 0.810 bits per heavy atom. The maximum absolute atomic E-state index is 12.7. The summed E-state index contributed by atoms with van der Waals surface area (Å²) in [6.45, 7) is 4.43. The Morgan fingerprint density at radius 3 is 1.62 bits per heavy atom. The van der Waals surface area contributed by atoms with E-state index in [0.717, 1.165) is 38.8 Å². The summed E-state index contributed by atoms with van der Waals surface area (Å²) in [6, 6.07) is 0. The van der Waals surface area contributed by atoms with Gasteiger partial charge in [0.1, 0.15) is 0 Å². The van der Waals surface area contributed by atoms with Crippen molar-refractivity contribution in [1.82, 2.24) is 18.4 Å². The minimum Gasteiger partial charge on any atom is -0.309 e. The van der Waals surface area contributed by atoms with E-state index in [9.17, 15) is 8.42 Å². The van der Waals surface area contributed by atoms with E-state index in [-0.39, 0.29) is 0 Å². The van der Waals surface area contributed by atoms with Crippen LogP contribution in [0.4, 0.5) is 0 Å². The van der Waals surface area contributed by atoms with E-state index in [1.54, 1.807) is 8.61 Å². The minimum atomic E-state index is -3.27. The zero-order chi connectivity index (χ0) is 15.9. The van der Waals surface area contributed by atoms with Gasteiger partial charge in [0.05, 0.1) is 0 Å². The molecule has 6 nitrogen and oxygen atoms in total. The Balaban J connectivity index is 2.60. The van der Waals surface area contributed by atoms with Crippen molar-refractivity contribution in [2.75, 3.05) is 67.5 Å². The highest BCUT2D eigenvalue weighted by molar-refractivity contribution is 7.86. The van der Waals surface area contributed by atoms with E-state index in [2.05, 4.69) is 9.80 Å². The second kappa shape index (κ2) is 9.05. The number of rotatable bonds is 10. The fraction of sp³-hybridized carbons (Fsp3) is 1.00. The molecule has 0 aromatic heterocycles. The summed E-state index contributed by atoms with van der Waals surface area (Å²) in [6.07, 6.45) is 3.73. The molecule has 1 aliphatic heterocycles. The molecule has 0 radical (unpaired) electrons. The highest BCUT2D eigenvalue weighted by atomic mass is 32.2. The lowest BCUT2D eigenvalue weighted by atomic mass is 10.3. The van der Waals surface area contributed by atoms with Gasteiger partial charge in [-0.05, 0) is 67.0 Å². The van der Waals surface area contributed by atoms with Crippen LogP contribution in [0, 0.1) is 0 Å². The molecular weight excluding hydrogens is 288 g/mol. The fourth-order valence-corrected chi connectivity index (χ4v) is 4.32. The first-order valence-corrected chi connectivity index (χ1v) is 9.28. The highest BCUT2D eigenvalue weighted by Gasteiger charge is 2.30. The lowest BCUT2D eigenvalue weighted by Crippen LogP contribution is -2.44. The zero-order valence-electron chi connectivity index (χ0n) is 14.1. The Kier molecular flexibility index (Phi) is 8.12. The third-order valence-electron chi connectivity index (χ3n) is 3.74. The van der Waals surface area contributed by atoms with E-state index in [1.165, 1.54) is 0 Å². The molecule has 0 saturated carbocycles. The van der Waals surface area contributed by atoms with Gasteiger partial charge in [-0.2, -0.15) is 17.0 Å². The number of hydrogen-bond acceptors (Lipinski definition) is 4. The SMILES string of the molecule is CN(C)CCCN(CCCN(C)C)S(=O)(=O)N1CCCC1. The monoisotopic (exact) mass is 320 g/mol. The van der Waals surface area contributed by atoms with E-state index in [4.69, 9.17) is 0 Å². The molecule has 126 valence electrons. The second-order valence-electron chi connectivity index (χ2n) is 6.33. The Bertz CT molecular complexity index is 364. The van der Waals surface area contributed by atoms with E-state index < -0.39 is 10.2 Å². The van der Waals surface area contributed by atoms with E-state index >= 15 is 0 Å². The van der Waals surface area contributed by atoms with Crippen molar-refractivity contribution in [2.24, 2.45) is 0 Å². The molecule has 1 aliphatic rings. The van der Waals surface area contributed by atoms with Crippen LogP contribution in [0.25, 0.3) is 0 Å². The normalized spacial score (nSPS) is 17.5. The molecule has 21 heavy (non-hydrogen) atoms. The molecule has 0 atom stereocenters. The molecule has 7 heteroatoms. The quantitative estimate of drug-likeness (QED) is 0.589. The lowest BCUT2D eigenvalue weighted by molar-refractivity contribution is 0.309. The van der Waals surface area contributed by atoms with Crippen LogP contribution in [0.15, 0.2) is 0 Å². The summed E-state index contributed by atoms with van der Waals surface area (Å²) in [7, 11) is 4.81. The molecule has 0 aromatic carbocycles.